The molecule has 7 heteroatoms. The molecule has 16 heavy (non-hydrogen) atoms. The lowest BCUT2D eigenvalue weighted by Gasteiger charge is -2.04. The summed E-state index contributed by atoms with van der Waals surface area (Å²) in [5, 5.41) is 10.8. The molecule has 0 aliphatic carbocycles. The quantitative estimate of drug-likeness (QED) is 0.794. The number of halogens is 2. The zero-order valence-corrected chi connectivity index (χ0v) is 7.87. The molecule has 1 aromatic carbocycles. The minimum atomic E-state index is -3.68. The number of amides is 1. The monoisotopic (exact) mass is 231 g/mol. The van der Waals surface area contributed by atoms with Crippen molar-refractivity contribution < 1.29 is 28.2 Å². The van der Waals surface area contributed by atoms with Gasteiger partial charge in [0.05, 0.1) is 0 Å². The number of benzene rings is 1. The maximum absolute atomic E-state index is 12.6. The van der Waals surface area contributed by atoms with Gasteiger partial charge in [0.25, 0.3) is 0 Å². The molecule has 0 spiro atoms. The number of fused-ring (bicyclic) bond motifs is 1. The molecule has 0 unspecified atom stereocenters. The van der Waals surface area contributed by atoms with Gasteiger partial charge in [-0.1, -0.05) is 0 Å². The van der Waals surface area contributed by atoms with Crippen molar-refractivity contribution in [2.45, 2.75) is 6.29 Å². The van der Waals surface area contributed by atoms with Crippen molar-refractivity contribution in [3.05, 3.63) is 18.2 Å². The number of aliphatic hydroxyl groups excluding tert-OH is 1. The molecule has 0 atom stereocenters. The Kier molecular flexibility index (Phi) is 2.39. The largest absolute Gasteiger partial charge is 0.586 e. The third kappa shape index (κ3) is 2.03. The lowest BCUT2D eigenvalue weighted by atomic mass is 10.3. The predicted molar refractivity (Wildman–Crippen MR) is 48.4 cm³/mol. The van der Waals surface area contributed by atoms with Gasteiger partial charge < -0.3 is 19.9 Å². The normalized spacial score (nSPS) is 15.9. The van der Waals surface area contributed by atoms with Crippen LogP contribution in [0.1, 0.15) is 0 Å². The Balaban J connectivity index is 2.19. The van der Waals surface area contributed by atoms with E-state index in [-0.39, 0.29) is 17.2 Å². The zero-order valence-electron chi connectivity index (χ0n) is 7.87. The van der Waals surface area contributed by atoms with Crippen LogP contribution >= 0.6 is 0 Å². The first kappa shape index (κ1) is 10.6. The first-order valence-corrected chi connectivity index (χ1v) is 4.31. The Morgan fingerprint density at radius 3 is 2.75 bits per heavy atom. The van der Waals surface area contributed by atoms with Crippen molar-refractivity contribution in [3.8, 4) is 11.5 Å². The van der Waals surface area contributed by atoms with E-state index in [2.05, 4.69) is 14.8 Å². The molecule has 1 aliphatic heterocycles. The minimum Gasteiger partial charge on any atom is -0.395 e. The van der Waals surface area contributed by atoms with Crippen LogP contribution in [0.4, 0.5) is 14.5 Å². The first-order chi connectivity index (χ1) is 7.50. The van der Waals surface area contributed by atoms with Gasteiger partial charge >= 0.3 is 6.29 Å². The Labute approximate surface area is 88.6 Å². The number of hydrogen-bond acceptors (Lipinski definition) is 4. The third-order valence-corrected chi connectivity index (χ3v) is 1.83. The maximum atomic E-state index is 12.6. The molecular weight excluding hydrogens is 224 g/mol. The molecule has 5 nitrogen and oxygen atoms in total. The molecule has 2 N–H and O–H groups in total. The summed E-state index contributed by atoms with van der Waals surface area (Å²) in [4.78, 5) is 10.8. The lowest BCUT2D eigenvalue weighted by Crippen LogP contribution is -2.25. The van der Waals surface area contributed by atoms with Gasteiger partial charge in [-0.25, -0.2) is 0 Å². The molecule has 86 valence electrons. The second-order valence-corrected chi connectivity index (χ2v) is 3.04. The molecule has 0 aromatic heterocycles. The second-order valence-electron chi connectivity index (χ2n) is 3.04. The third-order valence-electron chi connectivity index (χ3n) is 1.83. The van der Waals surface area contributed by atoms with E-state index in [9.17, 15) is 13.6 Å². The van der Waals surface area contributed by atoms with Gasteiger partial charge in [0.2, 0.25) is 5.91 Å². The van der Waals surface area contributed by atoms with E-state index in [0.29, 0.717) is 0 Å². The Bertz CT molecular complexity index is 436. The highest BCUT2D eigenvalue weighted by Crippen LogP contribution is 2.42. The van der Waals surface area contributed by atoms with E-state index in [1.54, 1.807) is 0 Å². The SMILES string of the molecule is O=C(CO)Nc1ccc2c(c1)OC(F)(F)O2. The van der Waals surface area contributed by atoms with Crippen molar-refractivity contribution in [3.63, 3.8) is 0 Å². The van der Waals surface area contributed by atoms with Crippen LogP contribution in [-0.2, 0) is 4.79 Å². The number of rotatable bonds is 2. The van der Waals surface area contributed by atoms with Gasteiger partial charge in [-0.15, -0.1) is 8.78 Å². The van der Waals surface area contributed by atoms with Crippen molar-refractivity contribution in [2.24, 2.45) is 0 Å². The highest BCUT2D eigenvalue weighted by molar-refractivity contribution is 5.91. The van der Waals surface area contributed by atoms with Crippen LogP contribution in [0.25, 0.3) is 0 Å². The van der Waals surface area contributed by atoms with Crippen LogP contribution in [0.15, 0.2) is 18.2 Å². The molecule has 1 aliphatic rings. The fourth-order valence-electron chi connectivity index (χ4n) is 1.23. The number of hydrogen-bond donors (Lipinski definition) is 2. The number of alkyl halides is 2. The summed E-state index contributed by atoms with van der Waals surface area (Å²) in [6.45, 7) is -0.690. The van der Waals surface area contributed by atoms with E-state index in [1.807, 2.05) is 0 Å². The van der Waals surface area contributed by atoms with Gasteiger partial charge in [-0.2, -0.15) is 0 Å². The summed E-state index contributed by atoms with van der Waals surface area (Å²) in [6.07, 6.45) is -3.68. The van der Waals surface area contributed by atoms with Crippen molar-refractivity contribution in [1.82, 2.24) is 0 Å². The molecule has 0 saturated carbocycles. The standard InChI is InChI=1S/C9H7F2NO4/c10-9(11)15-6-2-1-5(3-7(6)16-9)12-8(14)4-13/h1-3,13H,4H2,(H,12,14). The van der Waals surface area contributed by atoms with Gasteiger partial charge in [0.15, 0.2) is 11.5 Å². The highest BCUT2D eigenvalue weighted by Gasteiger charge is 2.43. The molecule has 0 saturated heterocycles. The van der Waals surface area contributed by atoms with Gasteiger partial charge in [-0.05, 0) is 12.1 Å². The Hall–Kier alpha value is -1.89. The predicted octanol–water partition coefficient (Wildman–Crippen LogP) is 0.939. The molecule has 0 fully saturated rings. The van der Waals surface area contributed by atoms with Gasteiger partial charge in [0, 0.05) is 11.8 Å². The van der Waals surface area contributed by atoms with Gasteiger partial charge in [-0.3, -0.25) is 4.79 Å². The van der Waals surface area contributed by atoms with Crippen molar-refractivity contribution in [2.75, 3.05) is 11.9 Å². The maximum Gasteiger partial charge on any atom is 0.586 e. The summed E-state index contributed by atoms with van der Waals surface area (Å²) < 4.78 is 33.6. The number of nitrogens with one attached hydrogen (secondary N) is 1. The van der Waals surface area contributed by atoms with E-state index in [0.717, 1.165) is 0 Å². The molecule has 1 heterocycles. The fourth-order valence-corrected chi connectivity index (χ4v) is 1.23. The highest BCUT2D eigenvalue weighted by atomic mass is 19.3. The average molecular weight is 231 g/mol. The van der Waals surface area contributed by atoms with Crippen molar-refractivity contribution >= 4 is 11.6 Å². The Morgan fingerprint density at radius 2 is 2.06 bits per heavy atom. The van der Waals surface area contributed by atoms with Crippen LogP contribution in [0.2, 0.25) is 0 Å². The molecule has 1 amide bonds. The zero-order chi connectivity index (χ0) is 11.8. The number of anilines is 1. The summed E-state index contributed by atoms with van der Waals surface area (Å²) >= 11 is 0. The van der Waals surface area contributed by atoms with E-state index in [4.69, 9.17) is 5.11 Å². The summed E-state index contributed by atoms with van der Waals surface area (Å²) in [6, 6.07) is 3.78. The lowest BCUT2D eigenvalue weighted by molar-refractivity contribution is -0.286. The summed E-state index contributed by atoms with van der Waals surface area (Å²) in [7, 11) is 0. The number of aliphatic hydroxyl groups is 1. The fraction of sp³-hybridized carbons (Fsp3) is 0.222. The van der Waals surface area contributed by atoms with Crippen LogP contribution in [0, 0.1) is 0 Å². The molecule has 0 bridgehead atoms. The summed E-state index contributed by atoms with van der Waals surface area (Å²) in [5.74, 6) is -0.918. The van der Waals surface area contributed by atoms with Gasteiger partial charge in [0.1, 0.15) is 6.61 Å². The topological polar surface area (TPSA) is 67.8 Å². The number of carbonyl (C=O) groups is 1. The number of ether oxygens (including phenoxy) is 2. The van der Waals surface area contributed by atoms with Crippen LogP contribution in [0.5, 0.6) is 11.5 Å². The summed E-state index contributed by atoms with van der Waals surface area (Å²) in [5.41, 5.74) is 0.235. The van der Waals surface area contributed by atoms with E-state index in [1.165, 1.54) is 18.2 Å². The first-order valence-electron chi connectivity index (χ1n) is 4.31. The van der Waals surface area contributed by atoms with E-state index < -0.39 is 18.8 Å². The van der Waals surface area contributed by atoms with Crippen LogP contribution < -0.4 is 14.8 Å². The molecule has 0 radical (unpaired) electrons. The van der Waals surface area contributed by atoms with E-state index >= 15 is 0 Å². The average Bonchev–Trinajstić information content (AvgIpc) is 2.51. The molecule has 2 rings (SSSR count). The van der Waals surface area contributed by atoms with Crippen LogP contribution in [-0.4, -0.2) is 23.9 Å². The number of carbonyl (C=O) groups excluding carboxylic acids is 1. The molecule has 1 aromatic rings. The minimum absolute atomic E-state index is 0.105. The smallest absolute Gasteiger partial charge is 0.395 e. The van der Waals surface area contributed by atoms with Crippen LogP contribution in [0.3, 0.4) is 0 Å². The second kappa shape index (κ2) is 3.60. The Morgan fingerprint density at radius 1 is 1.38 bits per heavy atom. The molecular formula is C9H7F2NO4. The van der Waals surface area contributed by atoms with Crippen molar-refractivity contribution in [1.29, 1.82) is 0 Å².